The van der Waals surface area contributed by atoms with Gasteiger partial charge in [0.15, 0.2) is 5.82 Å². The molecule has 2 rings (SSSR count). The van der Waals surface area contributed by atoms with E-state index in [-0.39, 0.29) is 18.7 Å². The van der Waals surface area contributed by atoms with Crippen LogP contribution in [0.4, 0.5) is 0 Å². The van der Waals surface area contributed by atoms with E-state index >= 15 is 0 Å². The van der Waals surface area contributed by atoms with Gasteiger partial charge in [-0.2, -0.15) is 0 Å². The van der Waals surface area contributed by atoms with Crippen molar-refractivity contribution in [2.45, 2.75) is 38.3 Å². The van der Waals surface area contributed by atoms with Gasteiger partial charge < -0.3 is 20.4 Å². The van der Waals surface area contributed by atoms with Crippen LogP contribution in [-0.4, -0.2) is 44.2 Å². The van der Waals surface area contributed by atoms with Gasteiger partial charge in [-0.1, -0.05) is 23.7 Å². The average molecular weight is 354 g/mol. The molecule has 2 aromatic rings. The van der Waals surface area contributed by atoms with E-state index in [1.165, 1.54) is 0 Å². The number of halogens is 1. The zero-order valence-electron chi connectivity index (χ0n) is 13.4. The number of unbranched alkanes of at least 4 members (excludes halogenated alkanes) is 1. The average Bonchev–Trinajstić information content (AvgIpc) is 3.03. The number of hydrogen-bond donors (Lipinski definition) is 3. The zero-order chi connectivity index (χ0) is 17.5. The lowest BCUT2D eigenvalue weighted by molar-refractivity contribution is 0.181. The van der Waals surface area contributed by atoms with Crippen LogP contribution < -0.4 is 5.73 Å². The number of tetrazole rings is 1. The molecule has 0 radical (unpaired) electrons. The molecule has 0 saturated heterocycles. The van der Waals surface area contributed by atoms with Gasteiger partial charge in [0.1, 0.15) is 0 Å². The van der Waals surface area contributed by atoms with E-state index in [1.807, 2.05) is 31.2 Å². The van der Waals surface area contributed by atoms with Crippen LogP contribution >= 0.6 is 11.6 Å². The second kappa shape index (κ2) is 9.09. The molecule has 2 atom stereocenters. The van der Waals surface area contributed by atoms with Crippen LogP contribution in [0, 0.1) is 0 Å². The van der Waals surface area contributed by atoms with Crippen LogP contribution in [-0.2, 0) is 4.65 Å². The summed E-state index contributed by atoms with van der Waals surface area (Å²) < 4.78 is 6.37. The third-order valence-corrected chi connectivity index (χ3v) is 4.00. The molecule has 24 heavy (non-hydrogen) atoms. The Kier molecular flexibility index (Phi) is 7.13. The SMILES string of the molecule is C[C@H](c1ccc(Cl)cc1)n1nnnc1C(N)CCCCOB(O)O. The predicted octanol–water partition coefficient (Wildman–Crippen LogP) is 1.09. The topological polar surface area (TPSA) is 119 Å². The smallest absolute Gasteiger partial charge is 0.402 e. The third-order valence-electron chi connectivity index (χ3n) is 3.75. The summed E-state index contributed by atoms with van der Waals surface area (Å²) in [7, 11) is -1.73. The van der Waals surface area contributed by atoms with Crippen molar-refractivity contribution in [1.82, 2.24) is 20.2 Å². The Labute approximate surface area is 145 Å². The summed E-state index contributed by atoms with van der Waals surface area (Å²) in [5, 5.41) is 29.7. The zero-order valence-corrected chi connectivity index (χ0v) is 14.2. The molecule has 0 spiro atoms. The van der Waals surface area contributed by atoms with Crippen LogP contribution in [0.15, 0.2) is 24.3 Å². The third kappa shape index (κ3) is 5.25. The molecule has 1 heterocycles. The highest BCUT2D eigenvalue weighted by atomic mass is 35.5. The van der Waals surface area contributed by atoms with Crippen molar-refractivity contribution >= 4 is 18.9 Å². The standard InChI is InChI=1S/C14H21BClN5O3/c1-10(11-5-7-12(16)8-6-11)21-14(18-19-20-21)13(17)4-2-3-9-24-15(22)23/h5-8,10,13,22-23H,2-4,9,17H2,1H3/t10-,13?/m1/s1. The number of benzene rings is 1. The summed E-state index contributed by atoms with van der Waals surface area (Å²) in [6.07, 6.45) is 2.09. The van der Waals surface area contributed by atoms with E-state index in [0.29, 0.717) is 23.7 Å². The maximum atomic E-state index is 8.60. The lowest BCUT2D eigenvalue weighted by Crippen LogP contribution is -2.21. The molecule has 0 saturated carbocycles. The van der Waals surface area contributed by atoms with Crippen LogP contribution in [0.1, 0.15) is 49.7 Å². The van der Waals surface area contributed by atoms with Crippen LogP contribution in [0.25, 0.3) is 0 Å². The van der Waals surface area contributed by atoms with Gasteiger partial charge in [-0.25, -0.2) is 4.68 Å². The largest absolute Gasteiger partial charge is 0.633 e. The molecule has 1 aromatic carbocycles. The number of aromatic nitrogens is 4. The highest BCUT2D eigenvalue weighted by Gasteiger charge is 2.20. The lowest BCUT2D eigenvalue weighted by atomic mass is 10.1. The summed E-state index contributed by atoms with van der Waals surface area (Å²) in [6, 6.07) is 7.14. The van der Waals surface area contributed by atoms with Gasteiger partial charge in [-0.3, -0.25) is 0 Å². The fourth-order valence-electron chi connectivity index (χ4n) is 2.39. The van der Waals surface area contributed by atoms with Crippen molar-refractivity contribution in [3.8, 4) is 0 Å². The quantitative estimate of drug-likeness (QED) is 0.456. The van der Waals surface area contributed by atoms with Gasteiger partial charge in [-0.05, 0) is 54.3 Å². The Bertz CT molecular complexity index is 625. The van der Waals surface area contributed by atoms with Crippen molar-refractivity contribution in [3.05, 3.63) is 40.7 Å². The predicted molar refractivity (Wildman–Crippen MR) is 90.0 cm³/mol. The van der Waals surface area contributed by atoms with Crippen molar-refractivity contribution in [3.63, 3.8) is 0 Å². The second-order valence-corrected chi connectivity index (χ2v) is 5.94. The maximum absolute atomic E-state index is 8.60. The molecule has 1 unspecified atom stereocenters. The monoisotopic (exact) mass is 353 g/mol. The summed E-state index contributed by atoms with van der Waals surface area (Å²) in [4.78, 5) is 0. The van der Waals surface area contributed by atoms with Crippen molar-refractivity contribution in [2.75, 3.05) is 6.61 Å². The summed E-state index contributed by atoms with van der Waals surface area (Å²) in [5.41, 5.74) is 7.23. The Hall–Kier alpha value is -1.52. The first-order valence-electron chi connectivity index (χ1n) is 7.75. The van der Waals surface area contributed by atoms with Gasteiger partial charge in [0.2, 0.25) is 0 Å². The minimum Gasteiger partial charge on any atom is -0.402 e. The van der Waals surface area contributed by atoms with Gasteiger partial charge in [-0.15, -0.1) is 5.10 Å². The minimum absolute atomic E-state index is 0.0637. The molecule has 0 aliphatic heterocycles. The fraction of sp³-hybridized carbons (Fsp3) is 0.500. The number of rotatable bonds is 9. The van der Waals surface area contributed by atoms with Crippen LogP contribution in [0.3, 0.4) is 0 Å². The van der Waals surface area contributed by atoms with Gasteiger partial charge >= 0.3 is 7.32 Å². The Morgan fingerprint density at radius 3 is 2.67 bits per heavy atom. The van der Waals surface area contributed by atoms with E-state index in [2.05, 4.69) is 20.2 Å². The molecular weight excluding hydrogens is 332 g/mol. The molecule has 0 bridgehead atoms. The normalized spacial score (nSPS) is 13.7. The highest BCUT2D eigenvalue weighted by Crippen LogP contribution is 2.23. The molecule has 130 valence electrons. The Morgan fingerprint density at radius 2 is 2.00 bits per heavy atom. The molecule has 8 nitrogen and oxygen atoms in total. The molecule has 10 heteroatoms. The molecule has 0 amide bonds. The highest BCUT2D eigenvalue weighted by molar-refractivity contribution is 6.32. The van der Waals surface area contributed by atoms with E-state index in [1.54, 1.807) is 4.68 Å². The van der Waals surface area contributed by atoms with E-state index in [9.17, 15) is 0 Å². The van der Waals surface area contributed by atoms with Gasteiger partial charge in [0.25, 0.3) is 0 Å². The van der Waals surface area contributed by atoms with Crippen molar-refractivity contribution < 1.29 is 14.7 Å². The van der Waals surface area contributed by atoms with E-state index in [4.69, 9.17) is 27.4 Å². The molecule has 4 N–H and O–H groups in total. The van der Waals surface area contributed by atoms with Gasteiger partial charge in [0.05, 0.1) is 12.1 Å². The second-order valence-electron chi connectivity index (χ2n) is 5.51. The minimum atomic E-state index is -1.73. The molecule has 0 aliphatic carbocycles. The number of nitrogens with two attached hydrogens (primary N) is 1. The lowest BCUT2D eigenvalue weighted by Gasteiger charge is -2.17. The summed E-state index contributed by atoms with van der Waals surface area (Å²) in [5.74, 6) is 0.612. The fourth-order valence-corrected chi connectivity index (χ4v) is 2.51. The first-order chi connectivity index (χ1) is 11.5. The maximum Gasteiger partial charge on any atom is 0.633 e. The number of hydrogen-bond acceptors (Lipinski definition) is 7. The van der Waals surface area contributed by atoms with Crippen molar-refractivity contribution in [1.29, 1.82) is 0 Å². The van der Waals surface area contributed by atoms with Gasteiger partial charge in [0, 0.05) is 11.6 Å². The Balaban J connectivity index is 1.94. The van der Waals surface area contributed by atoms with E-state index in [0.717, 1.165) is 12.0 Å². The molecular formula is C14H21BClN5O3. The summed E-state index contributed by atoms with van der Waals surface area (Å²) >= 11 is 5.92. The van der Waals surface area contributed by atoms with Crippen LogP contribution in [0.2, 0.25) is 5.02 Å². The number of nitrogens with zero attached hydrogens (tertiary/aromatic N) is 4. The first-order valence-corrected chi connectivity index (χ1v) is 8.13. The Morgan fingerprint density at radius 1 is 1.29 bits per heavy atom. The first kappa shape index (κ1) is 18.8. The molecule has 0 aliphatic rings. The van der Waals surface area contributed by atoms with Crippen LogP contribution in [0.5, 0.6) is 0 Å². The van der Waals surface area contributed by atoms with E-state index < -0.39 is 7.32 Å². The van der Waals surface area contributed by atoms with Crippen molar-refractivity contribution in [2.24, 2.45) is 5.73 Å². The molecule has 1 aromatic heterocycles. The summed E-state index contributed by atoms with van der Waals surface area (Å²) in [6.45, 7) is 2.25. The molecule has 0 fully saturated rings.